The van der Waals surface area contributed by atoms with E-state index in [-0.39, 0.29) is 11.7 Å². The number of hydrogen-bond acceptors (Lipinski definition) is 5. The molecule has 1 spiro atoms. The van der Waals surface area contributed by atoms with E-state index < -0.39 is 0 Å². The van der Waals surface area contributed by atoms with Gasteiger partial charge in [-0.1, -0.05) is 0 Å². The van der Waals surface area contributed by atoms with Crippen molar-refractivity contribution in [3.63, 3.8) is 0 Å². The first kappa shape index (κ1) is 16.3. The first-order valence-electron chi connectivity index (χ1n) is 9.32. The molecule has 132 valence electrons. The van der Waals surface area contributed by atoms with Crippen LogP contribution in [0.4, 0.5) is 0 Å². The highest BCUT2D eigenvalue weighted by Crippen LogP contribution is 2.36. The third-order valence-electron chi connectivity index (χ3n) is 5.59. The summed E-state index contributed by atoms with van der Waals surface area (Å²) in [7, 11) is 0. The Morgan fingerprint density at radius 2 is 2.25 bits per heavy atom. The number of hydrogen-bond donors (Lipinski definition) is 0. The lowest BCUT2D eigenvalue weighted by Gasteiger charge is -2.41. The van der Waals surface area contributed by atoms with Crippen molar-refractivity contribution in [2.75, 3.05) is 39.5 Å². The first-order valence-corrected chi connectivity index (χ1v) is 9.32. The van der Waals surface area contributed by atoms with Crippen LogP contribution in [0.1, 0.15) is 32.1 Å². The molecule has 1 aromatic heterocycles. The van der Waals surface area contributed by atoms with Gasteiger partial charge in [0.2, 0.25) is 0 Å². The number of likely N-dealkylation sites (tertiary alicyclic amines) is 1. The van der Waals surface area contributed by atoms with Crippen LogP contribution in [-0.2, 0) is 9.47 Å². The maximum Gasteiger partial charge on any atom is 0.138 e. The molecule has 3 aliphatic rings. The van der Waals surface area contributed by atoms with Crippen molar-refractivity contribution in [1.29, 1.82) is 0 Å². The molecule has 0 aliphatic carbocycles. The molecule has 0 aromatic carbocycles. The molecule has 0 amide bonds. The van der Waals surface area contributed by atoms with Crippen molar-refractivity contribution in [3.8, 4) is 5.75 Å². The molecular weight excluding hydrogens is 304 g/mol. The van der Waals surface area contributed by atoms with Crippen LogP contribution >= 0.6 is 0 Å². The van der Waals surface area contributed by atoms with Crippen molar-refractivity contribution < 1.29 is 14.2 Å². The third kappa shape index (κ3) is 3.90. The second-order valence-electron chi connectivity index (χ2n) is 7.52. The molecule has 3 fully saturated rings. The Morgan fingerprint density at radius 1 is 1.33 bits per heavy atom. The molecule has 0 bridgehead atoms. The largest absolute Gasteiger partial charge is 0.486 e. The molecule has 0 saturated carbocycles. The summed E-state index contributed by atoms with van der Waals surface area (Å²) in [5.74, 6) is 1.63. The van der Waals surface area contributed by atoms with E-state index in [4.69, 9.17) is 14.2 Å². The summed E-state index contributed by atoms with van der Waals surface area (Å²) in [4.78, 5) is 6.74. The molecule has 24 heavy (non-hydrogen) atoms. The first-order chi connectivity index (χ1) is 11.8. The molecule has 1 aromatic rings. The van der Waals surface area contributed by atoms with Gasteiger partial charge in [-0.25, -0.2) is 0 Å². The van der Waals surface area contributed by atoms with Crippen molar-refractivity contribution in [2.45, 2.75) is 43.8 Å². The quantitative estimate of drug-likeness (QED) is 0.848. The highest BCUT2D eigenvalue weighted by molar-refractivity contribution is 5.16. The van der Waals surface area contributed by atoms with Gasteiger partial charge in [-0.05, 0) is 50.3 Å². The van der Waals surface area contributed by atoms with Gasteiger partial charge in [0.25, 0.3) is 0 Å². The molecule has 0 radical (unpaired) electrons. The van der Waals surface area contributed by atoms with Crippen LogP contribution in [0.3, 0.4) is 0 Å². The smallest absolute Gasteiger partial charge is 0.138 e. The number of pyridine rings is 1. The van der Waals surface area contributed by atoms with Gasteiger partial charge in [-0.3, -0.25) is 4.98 Å². The summed E-state index contributed by atoms with van der Waals surface area (Å²) in [5, 5.41) is 0. The van der Waals surface area contributed by atoms with Crippen molar-refractivity contribution in [2.24, 2.45) is 5.92 Å². The van der Waals surface area contributed by atoms with Crippen LogP contribution in [0.25, 0.3) is 0 Å². The molecule has 0 N–H and O–H groups in total. The molecule has 5 nitrogen and oxygen atoms in total. The molecule has 2 atom stereocenters. The van der Waals surface area contributed by atoms with Crippen LogP contribution in [0.15, 0.2) is 24.5 Å². The predicted octanol–water partition coefficient (Wildman–Crippen LogP) is 2.51. The van der Waals surface area contributed by atoms with Gasteiger partial charge in [0.05, 0.1) is 18.4 Å². The fourth-order valence-corrected chi connectivity index (χ4v) is 4.41. The average molecular weight is 332 g/mol. The van der Waals surface area contributed by atoms with Gasteiger partial charge >= 0.3 is 0 Å². The van der Waals surface area contributed by atoms with Gasteiger partial charge in [0.1, 0.15) is 11.9 Å². The number of nitrogens with zero attached hydrogens (tertiary/aromatic N) is 2. The van der Waals surface area contributed by atoms with Crippen LogP contribution < -0.4 is 4.74 Å². The lowest BCUT2D eigenvalue weighted by atomic mass is 9.88. The monoisotopic (exact) mass is 332 g/mol. The van der Waals surface area contributed by atoms with E-state index in [1.54, 1.807) is 12.4 Å². The second kappa shape index (κ2) is 7.38. The predicted molar refractivity (Wildman–Crippen MR) is 91.2 cm³/mol. The van der Waals surface area contributed by atoms with Crippen LogP contribution in [0.2, 0.25) is 0 Å². The van der Waals surface area contributed by atoms with Crippen LogP contribution in [0, 0.1) is 5.92 Å². The molecule has 5 heteroatoms. The fourth-order valence-electron chi connectivity index (χ4n) is 4.41. The third-order valence-corrected chi connectivity index (χ3v) is 5.59. The van der Waals surface area contributed by atoms with Gasteiger partial charge in [0.15, 0.2) is 0 Å². The Balaban J connectivity index is 1.31. The number of piperidine rings is 1. The molecule has 4 rings (SSSR count). The van der Waals surface area contributed by atoms with E-state index in [9.17, 15) is 0 Å². The van der Waals surface area contributed by atoms with Crippen molar-refractivity contribution in [3.05, 3.63) is 24.5 Å². The molecular formula is C19H28N2O3. The van der Waals surface area contributed by atoms with Crippen LogP contribution in [0.5, 0.6) is 5.75 Å². The maximum absolute atomic E-state index is 6.27. The minimum Gasteiger partial charge on any atom is -0.486 e. The van der Waals surface area contributed by atoms with E-state index in [0.29, 0.717) is 6.61 Å². The number of ether oxygens (including phenoxy) is 3. The lowest BCUT2D eigenvalue weighted by Crippen LogP contribution is -2.49. The summed E-state index contributed by atoms with van der Waals surface area (Å²) in [6.45, 7) is 6.01. The fraction of sp³-hybridized carbons (Fsp3) is 0.737. The summed E-state index contributed by atoms with van der Waals surface area (Å²) < 4.78 is 17.8. The Bertz CT molecular complexity index is 521. The molecule has 0 unspecified atom stereocenters. The highest BCUT2D eigenvalue weighted by Gasteiger charge is 2.44. The zero-order valence-corrected chi connectivity index (χ0v) is 14.4. The minimum atomic E-state index is -0.00368. The van der Waals surface area contributed by atoms with Gasteiger partial charge in [-0.2, -0.15) is 0 Å². The summed E-state index contributed by atoms with van der Waals surface area (Å²) in [6.07, 6.45) is 9.49. The Kier molecular flexibility index (Phi) is 5.01. The van der Waals surface area contributed by atoms with Crippen LogP contribution in [-0.4, -0.2) is 61.0 Å². The van der Waals surface area contributed by atoms with Gasteiger partial charge in [0, 0.05) is 38.9 Å². The summed E-state index contributed by atoms with van der Waals surface area (Å²) in [5.41, 5.74) is -0.00368. The Morgan fingerprint density at radius 3 is 3.08 bits per heavy atom. The zero-order valence-electron chi connectivity index (χ0n) is 14.4. The SMILES string of the molecule is c1cncc(O[C@@H]2CO[C@@]3(CCCN(CC4CCOCC4)C3)C2)c1. The number of aromatic nitrogens is 1. The van der Waals surface area contributed by atoms with Crippen molar-refractivity contribution in [1.82, 2.24) is 9.88 Å². The topological polar surface area (TPSA) is 43.8 Å². The van der Waals surface area contributed by atoms with E-state index in [2.05, 4.69) is 9.88 Å². The van der Waals surface area contributed by atoms with Gasteiger partial charge < -0.3 is 19.1 Å². The lowest BCUT2D eigenvalue weighted by molar-refractivity contribution is -0.0584. The molecule has 3 saturated heterocycles. The normalized spacial score (nSPS) is 32.2. The summed E-state index contributed by atoms with van der Waals surface area (Å²) in [6, 6.07) is 3.88. The minimum absolute atomic E-state index is 0.00368. The maximum atomic E-state index is 6.27. The Hall–Kier alpha value is -1.17. The molecule has 4 heterocycles. The highest BCUT2D eigenvalue weighted by atomic mass is 16.6. The van der Waals surface area contributed by atoms with E-state index in [0.717, 1.165) is 44.3 Å². The van der Waals surface area contributed by atoms with Crippen molar-refractivity contribution >= 4 is 0 Å². The number of rotatable bonds is 4. The van der Waals surface area contributed by atoms with E-state index in [1.807, 2.05) is 12.1 Å². The van der Waals surface area contributed by atoms with Gasteiger partial charge in [-0.15, -0.1) is 0 Å². The summed E-state index contributed by atoms with van der Waals surface area (Å²) >= 11 is 0. The molecule has 3 aliphatic heterocycles. The standard InChI is InChI=1S/C19H28N2O3/c1-3-17(12-20-7-1)24-18-11-19(23-14-18)6-2-8-21(15-19)13-16-4-9-22-10-5-16/h1,3,7,12,16,18H,2,4-6,8-11,13-15H2/t18-,19-/m0/s1. The van der Waals surface area contributed by atoms with E-state index in [1.165, 1.54) is 32.4 Å². The Labute approximate surface area is 144 Å². The second-order valence-corrected chi connectivity index (χ2v) is 7.52. The van der Waals surface area contributed by atoms with E-state index >= 15 is 0 Å². The average Bonchev–Trinajstić information content (AvgIpc) is 2.98. The zero-order chi connectivity index (χ0) is 16.2.